The van der Waals surface area contributed by atoms with Gasteiger partial charge in [0.1, 0.15) is 0 Å². The van der Waals surface area contributed by atoms with Crippen molar-refractivity contribution in [3.05, 3.63) is 0 Å². The van der Waals surface area contributed by atoms with Crippen LogP contribution in [0, 0.1) is 0 Å². The van der Waals surface area contributed by atoms with E-state index in [4.69, 9.17) is 45.7 Å². The van der Waals surface area contributed by atoms with Crippen molar-refractivity contribution in [3.8, 4) is 0 Å². The summed E-state index contributed by atoms with van der Waals surface area (Å²) in [5.74, 6) is -0.442. The number of amidine groups is 1. The van der Waals surface area contributed by atoms with Crippen LogP contribution in [0.2, 0.25) is 0 Å². The van der Waals surface area contributed by atoms with Gasteiger partial charge in [0.05, 0.1) is 0 Å². The van der Waals surface area contributed by atoms with E-state index >= 15 is 0 Å². The van der Waals surface area contributed by atoms with E-state index in [0.717, 1.165) is 0 Å². The molecule has 0 aromatic rings. The second-order valence-corrected chi connectivity index (χ2v) is 3.26. The Balaban J connectivity index is 4.03. The van der Waals surface area contributed by atoms with E-state index in [1.54, 1.807) is 0 Å². The van der Waals surface area contributed by atoms with Crippen LogP contribution in [0.15, 0.2) is 5.16 Å². The summed E-state index contributed by atoms with van der Waals surface area (Å²) in [6.07, 6.45) is 0. The zero-order chi connectivity index (χ0) is 6.78. The van der Waals surface area contributed by atoms with Crippen molar-refractivity contribution in [2.24, 2.45) is 10.9 Å². The first-order valence-electron chi connectivity index (χ1n) is 1.53. The average Bonchev–Trinajstić information content (AvgIpc) is 1.62. The Kier molecular flexibility index (Phi) is 2.66. The number of oxime groups is 1. The monoisotopic (exact) mass is 176 g/mol. The number of nitrogens with two attached hydrogens (primary N) is 1. The van der Waals surface area contributed by atoms with Crippen molar-refractivity contribution in [3.63, 3.8) is 0 Å². The molecule has 0 fully saturated rings. The van der Waals surface area contributed by atoms with E-state index in [2.05, 4.69) is 5.16 Å². The van der Waals surface area contributed by atoms with Crippen molar-refractivity contribution in [1.29, 1.82) is 0 Å². The van der Waals surface area contributed by atoms with Gasteiger partial charge in [0.25, 0.3) is 3.79 Å². The molecule has 0 aromatic carbocycles. The molecule has 0 aliphatic rings. The summed E-state index contributed by atoms with van der Waals surface area (Å²) < 4.78 is -1.80. The normalized spacial score (nSPS) is 14.1. The number of rotatable bonds is 0. The number of halogens is 3. The maximum atomic E-state index is 7.88. The van der Waals surface area contributed by atoms with Gasteiger partial charge in [-0.25, -0.2) is 0 Å². The lowest BCUT2D eigenvalue weighted by atomic mass is 10.7. The minimum absolute atomic E-state index is 0.442. The molecule has 0 heterocycles. The standard InChI is InChI=1S/C2H3Cl3N2O/c3-2(4,5)1(6)7-8/h8H,(H2,6,7). The Morgan fingerprint density at radius 2 is 1.88 bits per heavy atom. The molecule has 0 saturated heterocycles. The smallest absolute Gasteiger partial charge is 0.250 e. The van der Waals surface area contributed by atoms with E-state index in [-0.39, 0.29) is 0 Å². The maximum Gasteiger partial charge on any atom is 0.250 e. The van der Waals surface area contributed by atoms with Gasteiger partial charge < -0.3 is 10.9 Å². The lowest BCUT2D eigenvalue weighted by Crippen LogP contribution is -2.27. The molecule has 0 spiro atoms. The molecule has 0 atom stereocenters. The van der Waals surface area contributed by atoms with Crippen molar-refractivity contribution < 1.29 is 5.21 Å². The average molecular weight is 177 g/mol. The maximum absolute atomic E-state index is 7.88. The van der Waals surface area contributed by atoms with Crippen LogP contribution in [-0.2, 0) is 0 Å². The third-order valence-corrected chi connectivity index (χ3v) is 0.979. The fourth-order valence-electron chi connectivity index (χ4n) is 0.0567. The first-order chi connectivity index (χ1) is 3.48. The summed E-state index contributed by atoms with van der Waals surface area (Å²) in [7, 11) is 0. The summed E-state index contributed by atoms with van der Waals surface area (Å²) in [4.78, 5) is 0. The van der Waals surface area contributed by atoms with Crippen LogP contribution in [-0.4, -0.2) is 14.8 Å². The number of nitrogens with zero attached hydrogens (tertiary/aromatic N) is 1. The molecule has 0 saturated carbocycles. The highest BCUT2D eigenvalue weighted by atomic mass is 35.6. The minimum atomic E-state index is -1.80. The van der Waals surface area contributed by atoms with Gasteiger partial charge >= 0.3 is 0 Å². The van der Waals surface area contributed by atoms with E-state index < -0.39 is 9.63 Å². The molecule has 0 rings (SSSR count). The van der Waals surface area contributed by atoms with Crippen molar-refractivity contribution in [1.82, 2.24) is 0 Å². The molecule has 0 aliphatic heterocycles. The molecule has 8 heavy (non-hydrogen) atoms. The lowest BCUT2D eigenvalue weighted by molar-refractivity contribution is 0.317. The molecule has 0 unspecified atom stereocenters. The van der Waals surface area contributed by atoms with Gasteiger partial charge in [0.15, 0.2) is 5.84 Å². The highest BCUT2D eigenvalue weighted by molar-refractivity contribution is 6.76. The molecule has 0 aliphatic carbocycles. The Hall–Kier alpha value is 0.140. The lowest BCUT2D eigenvalue weighted by Gasteiger charge is -2.05. The topological polar surface area (TPSA) is 58.6 Å². The summed E-state index contributed by atoms with van der Waals surface area (Å²) in [5, 5.41) is 10.3. The van der Waals surface area contributed by atoms with Gasteiger partial charge in [-0.15, -0.1) is 0 Å². The van der Waals surface area contributed by atoms with Gasteiger partial charge in [-0.05, 0) is 0 Å². The minimum Gasteiger partial charge on any atom is -0.409 e. The van der Waals surface area contributed by atoms with E-state index in [9.17, 15) is 0 Å². The molecule has 0 amide bonds. The predicted octanol–water partition coefficient (Wildman–Crippen LogP) is 1.10. The van der Waals surface area contributed by atoms with Gasteiger partial charge in [0, 0.05) is 0 Å². The molecule has 0 aromatic heterocycles. The predicted molar refractivity (Wildman–Crippen MR) is 33.7 cm³/mol. The van der Waals surface area contributed by atoms with Gasteiger partial charge in [-0.2, -0.15) is 0 Å². The molecule has 0 radical (unpaired) electrons. The van der Waals surface area contributed by atoms with Crippen LogP contribution in [0.25, 0.3) is 0 Å². The fraction of sp³-hybridized carbons (Fsp3) is 0.500. The highest BCUT2D eigenvalue weighted by Gasteiger charge is 2.25. The van der Waals surface area contributed by atoms with Gasteiger partial charge in [-0.3, -0.25) is 0 Å². The zero-order valence-electron chi connectivity index (χ0n) is 3.61. The summed E-state index contributed by atoms with van der Waals surface area (Å²) in [6.45, 7) is 0. The van der Waals surface area contributed by atoms with Crippen LogP contribution in [0.4, 0.5) is 0 Å². The van der Waals surface area contributed by atoms with Crippen LogP contribution in [0.1, 0.15) is 0 Å². The molecule has 6 heteroatoms. The van der Waals surface area contributed by atoms with Crippen LogP contribution >= 0.6 is 34.8 Å². The second-order valence-electron chi connectivity index (χ2n) is 0.983. The van der Waals surface area contributed by atoms with Gasteiger partial charge in [0.2, 0.25) is 0 Å². The zero-order valence-corrected chi connectivity index (χ0v) is 5.87. The number of hydrogen-bond acceptors (Lipinski definition) is 2. The van der Waals surface area contributed by atoms with Crippen molar-refractivity contribution in [2.45, 2.75) is 3.79 Å². The Bertz CT molecular complexity index is 106. The third kappa shape index (κ3) is 2.45. The largest absolute Gasteiger partial charge is 0.409 e. The van der Waals surface area contributed by atoms with Crippen LogP contribution < -0.4 is 5.73 Å². The van der Waals surface area contributed by atoms with Crippen molar-refractivity contribution >= 4 is 40.6 Å². The Morgan fingerprint density at radius 1 is 1.50 bits per heavy atom. The summed E-state index contributed by atoms with van der Waals surface area (Å²) >= 11 is 15.3. The summed E-state index contributed by atoms with van der Waals surface area (Å²) in [5.41, 5.74) is 4.85. The fourth-order valence-corrected chi connectivity index (χ4v) is 0.170. The first kappa shape index (κ1) is 8.14. The molecule has 48 valence electrons. The second kappa shape index (κ2) is 2.62. The third-order valence-electron chi connectivity index (χ3n) is 0.398. The van der Waals surface area contributed by atoms with Crippen molar-refractivity contribution in [2.75, 3.05) is 0 Å². The Morgan fingerprint density at radius 3 is 1.88 bits per heavy atom. The van der Waals surface area contributed by atoms with E-state index in [1.807, 2.05) is 0 Å². The first-order valence-corrected chi connectivity index (χ1v) is 2.66. The quantitative estimate of drug-likeness (QED) is 0.191. The van der Waals surface area contributed by atoms with E-state index in [0.29, 0.717) is 0 Å². The SMILES string of the molecule is N/C(=N\O)C(Cl)(Cl)Cl. The molecular formula is C2H3Cl3N2O. The number of hydrogen-bond donors (Lipinski definition) is 2. The highest BCUT2D eigenvalue weighted by Crippen LogP contribution is 2.25. The molecule has 0 bridgehead atoms. The Labute approximate surface area is 61.0 Å². The van der Waals surface area contributed by atoms with Gasteiger partial charge in [-0.1, -0.05) is 40.0 Å². The molecule has 3 N–H and O–H groups in total. The molecule has 3 nitrogen and oxygen atoms in total. The molecular weight excluding hydrogens is 174 g/mol. The van der Waals surface area contributed by atoms with Crippen LogP contribution in [0.3, 0.4) is 0 Å². The van der Waals surface area contributed by atoms with Crippen LogP contribution in [0.5, 0.6) is 0 Å². The van der Waals surface area contributed by atoms with E-state index in [1.165, 1.54) is 0 Å². The number of alkyl halides is 3. The summed E-state index contributed by atoms with van der Waals surface area (Å²) in [6, 6.07) is 0.